The van der Waals surface area contributed by atoms with Gasteiger partial charge in [0.05, 0.1) is 12.8 Å². The highest BCUT2D eigenvalue weighted by molar-refractivity contribution is 5.85. The zero-order valence-electron chi connectivity index (χ0n) is 15.8. The van der Waals surface area contributed by atoms with Crippen molar-refractivity contribution in [2.24, 2.45) is 5.92 Å². The normalized spacial score (nSPS) is 15.3. The Morgan fingerprint density at radius 3 is 2.74 bits per heavy atom. The highest BCUT2D eigenvalue weighted by Gasteiger charge is 2.23. The zero-order valence-corrected chi connectivity index (χ0v) is 15.8. The fourth-order valence-electron chi connectivity index (χ4n) is 3.16. The van der Waals surface area contributed by atoms with E-state index in [0.717, 1.165) is 44.6 Å². The van der Waals surface area contributed by atoms with Gasteiger partial charge in [-0.15, -0.1) is 0 Å². The van der Waals surface area contributed by atoms with Crippen LogP contribution in [0.2, 0.25) is 0 Å². The number of anilines is 1. The lowest BCUT2D eigenvalue weighted by Gasteiger charge is -2.30. The van der Waals surface area contributed by atoms with Gasteiger partial charge in [0.2, 0.25) is 0 Å². The first-order valence-electron chi connectivity index (χ1n) is 9.43. The molecule has 1 N–H and O–H groups in total. The molecule has 146 valence electrons. The Morgan fingerprint density at radius 1 is 1.37 bits per heavy atom. The Labute approximate surface area is 158 Å². The van der Waals surface area contributed by atoms with E-state index in [1.807, 2.05) is 0 Å². The third kappa shape index (κ3) is 5.18. The van der Waals surface area contributed by atoms with Crippen LogP contribution in [0.3, 0.4) is 0 Å². The van der Waals surface area contributed by atoms with Crippen molar-refractivity contribution in [3.63, 3.8) is 0 Å². The molecular weight excluding hydrogens is 348 g/mol. The quantitative estimate of drug-likeness (QED) is 0.702. The van der Waals surface area contributed by atoms with Crippen LogP contribution in [0.1, 0.15) is 61.8 Å². The number of carbonyl (C=O) groups is 1. The van der Waals surface area contributed by atoms with Gasteiger partial charge in [-0.05, 0) is 43.7 Å². The number of pyridine rings is 1. The summed E-state index contributed by atoms with van der Waals surface area (Å²) in [5.74, 6) is 1.27. The zero-order chi connectivity index (χ0) is 19.2. The first-order chi connectivity index (χ1) is 13.0. The smallest absolute Gasteiger partial charge is 0.354 e. The fraction of sp³-hybridized carbons (Fsp3) is 0.579. The van der Waals surface area contributed by atoms with E-state index in [2.05, 4.69) is 33.9 Å². The molecule has 0 saturated carbocycles. The molecule has 1 aliphatic rings. The maximum absolute atomic E-state index is 10.8. The summed E-state index contributed by atoms with van der Waals surface area (Å²) in [4.78, 5) is 21.3. The average Bonchev–Trinajstić information content (AvgIpc) is 3.17. The van der Waals surface area contributed by atoms with Crippen LogP contribution >= 0.6 is 0 Å². The third-order valence-electron chi connectivity index (χ3n) is 4.81. The summed E-state index contributed by atoms with van der Waals surface area (Å²) in [6.07, 6.45) is 5.74. The van der Waals surface area contributed by atoms with Crippen LogP contribution in [-0.2, 0) is 0 Å². The number of carboxylic acid groups (broad SMARTS) is 1. The van der Waals surface area contributed by atoms with Crippen LogP contribution in [0.25, 0.3) is 0 Å². The van der Waals surface area contributed by atoms with Crippen LogP contribution in [0.4, 0.5) is 6.01 Å². The van der Waals surface area contributed by atoms with Gasteiger partial charge in [0, 0.05) is 19.0 Å². The highest BCUT2D eigenvalue weighted by Crippen LogP contribution is 2.26. The first kappa shape index (κ1) is 19.1. The molecule has 0 atom stereocenters. The van der Waals surface area contributed by atoms with Crippen LogP contribution in [-0.4, -0.2) is 45.9 Å². The number of ether oxygens (including phenoxy) is 1. The van der Waals surface area contributed by atoms with Crippen LogP contribution < -0.4 is 9.64 Å². The van der Waals surface area contributed by atoms with Crippen molar-refractivity contribution < 1.29 is 19.2 Å². The maximum Gasteiger partial charge on any atom is 0.354 e. The number of aromatic carboxylic acids is 1. The van der Waals surface area contributed by atoms with E-state index in [0.29, 0.717) is 24.3 Å². The van der Waals surface area contributed by atoms with Gasteiger partial charge >= 0.3 is 12.0 Å². The Bertz CT molecular complexity index is 736. The molecule has 8 nitrogen and oxygen atoms in total. The van der Waals surface area contributed by atoms with Crippen molar-refractivity contribution in [1.29, 1.82) is 0 Å². The van der Waals surface area contributed by atoms with Crippen molar-refractivity contribution in [2.75, 3.05) is 24.6 Å². The minimum Gasteiger partial charge on any atom is -0.492 e. The van der Waals surface area contributed by atoms with E-state index >= 15 is 0 Å². The molecule has 2 aromatic rings. The molecule has 0 amide bonds. The van der Waals surface area contributed by atoms with E-state index in [-0.39, 0.29) is 11.6 Å². The van der Waals surface area contributed by atoms with Crippen LogP contribution in [0.5, 0.6) is 5.75 Å². The summed E-state index contributed by atoms with van der Waals surface area (Å²) in [5, 5.41) is 12.9. The van der Waals surface area contributed by atoms with Gasteiger partial charge in [0.25, 0.3) is 0 Å². The van der Waals surface area contributed by atoms with Gasteiger partial charge in [-0.25, -0.2) is 9.78 Å². The van der Waals surface area contributed by atoms with E-state index in [1.54, 1.807) is 6.07 Å². The van der Waals surface area contributed by atoms with Crippen molar-refractivity contribution in [2.45, 2.75) is 45.4 Å². The molecule has 0 aromatic carbocycles. The largest absolute Gasteiger partial charge is 0.492 e. The number of nitrogens with zero attached hydrogens (tertiary/aromatic N) is 4. The van der Waals surface area contributed by atoms with Gasteiger partial charge in [-0.3, -0.25) is 0 Å². The molecule has 1 saturated heterocycles. The summed E-state index contributed by atoms with van der Waals surface area (Å²) < 4.78 is 11.0. The molecule has 0 radical (unpaired) electrons. The summed E-state index contributed by atoms with van der Waals surface area (Å²) in [6.45, 7) is 6.59. The molecule has 0 unspecified atom stereocenters. The number of rotatable bonds is 8. The standard InChI is InChI=1S/C19H26N4O4/c1-13(2)17-21-19(27-22-17)23-9-7-14(8-10-23)4-3-11-26-15-5-6-16(18(24)25)20-12-15/h5-6,12-14H,3-4,7-11H2,1-2H3,(H,24,25). The lowest BCUT2D eigenvalue weighted by Crippen LogP contribution is -2.34. The van der Waals surface area contributed by atoms with E-state index in [4.69, 9.17) is 14.4 Å². The van der Waals surface area contributed by atoms with E-state index < -0.39 is 5.97 Å². The monoisotopic (exact) mass is 374 g/mol. The predicted molar refractivity (Wildman–Crippen MR) is 99.2 cm³/mol. The molecule has 1 fully saturated rings. The maximum atomic E-state index is 10.8. The molecule has 3 heterocycles. The van der Waals surface area contributed by atoms with E-state index in [9.17, 15) is 4.79 Å². The van der Waals surface area contributed by atoms with Crippen LogP contribution in [0, 0.1) is 5.92 Å². The summed E-state index contributed by atoms with van der Waals surface area (Å²) in [6, 6.07) is 3.73. The molecule has 0 aliphatic carbocycles. The molecule has 8 heteroatoms. The number of carboxylic acids is 1. The van der Waals surface area contributed by atoms with Crippen LogP contribution in [0.15, 0.2) is 22.9 Å². The molecule has 3 rings (SSSR count). The number of hydrogen-bond donors (Lipinski definition) is 1. The number of aromatic nitrogens is 3. The second kappa shape index (κ2) is 8.83. The van der Waals surface area contributed by atoms with Gasteiger partial charge < -0.3 is 19.3 Å². The molecule has 1 aliphatic heterocycles. The third-order valence-corrected chi connectivity index (χ3v) is 4.81. The predicted octanol–water partition coefficient (Wildman–Crippen LogP) is 3.36. The average molecular weight is 374 g/mol. The Balaban J connectivity index is 1.35. The van der Waals surface area contributed by atoms with Crippen molar-refractivity contribution in [3.8, 4) is 5.75 Å². The van der Waals surface area contributed by atoms with Gasteiger partial charge in [-0.2, -0.15) is 4.98 Å². The summed E-state index contributed by atoms with van der Waals surface area (Å²) in [7, 11) is 0. The van der Waals surface area contributed by atoms with Gasteiger partial charge in [0.1, 0.15) is 11.4 Å². The first-order valence-corrected chi connectivity index (χ1v) is 9.43. The van der Waals surface area contributed by atoms with Crippen molar-refractivity contribution >= 4 is 12.0 Å². The van der Waals surface area contributed by atoms with Crippen molar-refractivity contribution in [1.82, 2.24) is 15.1 Å². The van der Waals surface area contributed by atoms with Gasteiger partial charge in [0.15, 0.2) is 5.82 Å². The minimum absolute atomic E-state index is 0.0240. The number of hydrogen-bond acceptors (Lipinski definition) is 7. The second-order valence-electron chi connectivity index (χ2n) is 7.20. The minimum atomic E-state index is -1.03. The highest BCUT2D eigenvalue weighted by atomic mass is 16.5. The topological polar surface area (TPSA) is 102 Å². The molecule has 27 heavy (non-hydrogen) atoms. The fourth-order valence-corrected chi connectivity index (χ4v) is 3.16. The molecule has 0 bridgehead atoms. The van der Waals surface area contributed by atoms with Gasteiger partial charge in [-0.1, -0.05) is 19.0 Å². The molecule has 0 spiro atoms. The Kier molecular flexibility index (Phi) is 6.26. The van der Waals surface area contributed by atoms with Crippen molar-refractivity contribution in [3.05, 3.63) is 29.8 Å². The summed E-state index contributed by atoms with van der Waals surface area (Å²) in [5.41, 5.74) is 0.0240. The molecule has 2 aromatic heterocycles. The molecular formula is C19H26N4O4. The van der Waals surface area contributed by atoms with E-state index in [1.165, 1.54) is 12.3 Å². The number of piperidine rings is 1. The summed E-state index contributed by atoms with van der Waals surface area (Å²) >= 11 is 0. The SMILES string of the molecule is CC(C)c1noc(N2CCC(CCCOc3ccc(C(=O)O)nc3)CC2)n1. The lowest BCUT2D eigenvalue weighted by molar-refractivity contribution is 0.0690. The Hall–Kier alpha value is -2.64. The lowest BCUT2D eigenvalue weighted by atomic mass is 9.92. The second-order valence-corrected chi connectivity index (χ2v) is 7.20. The Morgan fingerprint density at radius 2 is 2.15 bits per heavy atom.